The fraction of sp³-hybridized carbons (Fsp3) is 0.294. The molecule has 0 saturated carbocycles. The topological polar surface area (TPSA) is 113 Å². The fourth-order valence-corrected chi connectivity index (χ4v) is 3.48. The maximum Gasteiger partial charge on any atom is 0.329 e. The number of nitrogens with zero attached hydrogens (tertiary/aromatic N) is 3. The minimum atomic E-state index is -1.22. The fourth-order valence-electron chi connectivity index (χ4n) is 2.74. The molecule has 0 aliphatic carbocycles. The van der Waals surface area contributed by atoms with Crippen LogP contribution in [-0.4, -0.2) is 30.8 Å². The molecule has 9 heteroatoms. The minimum absolute atomic E-state index is 0.235. The maximum atomic E-state index is 12.3. The van der Waals surface area contributed by atoms with E-state index in [2.05, 4.69) is 9.97 Å². The highest BCUT2D eigenvalue weighted by Crippen LogP contribution is 2.22. The molecule has 3 aromatic rings. The van der Waals surface area contributed by atoms with Crippen molar-refractivity contribution in [3.05, 3.63) is 56.7 Å². The lowest BCUT2D eigenvalue weighted by molar-refractivity contribution is -0.301. The number of aliphatic carboxylic acids is 1. The Balaban J connectivity index is 1.96. The molecule has 2 heterocycles. The maximum absolute atomic E-state index is 12.3. The zero-order valence-electron chi connectivity index (χ0n) is 14.1. The first-order chi connectivity index (χ1) is 12.5. The van der Waals surface area contributed by atoms with E-state index in [0.717, 1.165) is 24.6 Å². The molecule has 0 bridgehead atoms. The van der Waals surface area contributed by atoms with Crippen molar-refractivity contribution in [1.29, 1.82) is 0 Å². The molecule has 2 aromatic heterocycles. The number of carboxylic acid groups (broad SMARTS) is 1. The van der Waals surface area contributed by atoms with Crippen LogP contribution in [0.15, 0.2) is 45.1 Å². The van der Waals surface area contributed by atoms with Gasteiger partial charge in [-0.2, -0.15) is 0 Å². The number of nitrogens with one attached hydrogen (secondary N) is 1. The SMILES string of the molecule is Cn1c(=O)[nH]c(=O)c2c1nc(SCC(=O)[O-])n2CCCc1ccccc1. The van der Waals surface area contributed by atoms with Gasteiger partial charge in [0.25, 0.3) is 5.56 Å². The van der Waals surface area contributed by atoms with Crippen LogP contribution in [0.2, 0.25) is 0 Å². The molecule has 1 N–H and O–H groups in total. The van der Waals surface area contributed by atoms with Gasteiger partial charge in [0.05, 0.1) is 5.97 Å². The van der Waals surface area contributed by atoms with Gasteiger partial charge in [0.1, 0.15) is 0 Å². The highest BCUT2D eigenvalue weighted by molar-refractivity contribution is 7.99. The molecule has 0 saturated heterocycles. The summed E-state index contributed by atoms with van der Waals surface area (Å²) in [5, 5.41) is 11.2. The number of rotatable bonds is 7. The molecule has 0 spiro atoms. The molecule has 3 rings (SSSR count). The Hall–Kier alpha value is -2.81. The Morgan fingerprint density at radius 1 is 1.27 bits per heavy atom. The summed E-state index contributed by atoms with van der Waals surface area (Å²) >= 11 is 0.972. The average molecular weight is 373 g/mol. The van der Waals surface area contributed by atoms with Crippen LogP contribution in [0.25, 0.3) is 11.2 Å². The van der Waals surface area contributed by atoms with Crippen LogP contribution in [0.4, 0.5) is 0 Å². The summed E-state index contributed by atoms with van der Waals surface area (Å²) in [6, 6.07) is 9.91. The summed E-state index contributed by atoms with van der Waals surface area (Å²) in [7, 11) is 1.51. The number of hydrogen-bond acceptors (Lipinski definition) is 6. The summed E-state index contributed by atoms with van der Waals surface area (Å²) in [5.41, 5.74) is 0.575. The molecular formula is C17H17N4O4S-. The number of imidazole rings is 1. The summed E-state index contributed by atoms with van der Waals surface area (Å²) < 4.78 is 2.91. The summed E-state index contributed by atoms with van der Waals surface area (Å²) in [6.07, 6.45) is 1.53. The number of hydrogen-bond donors (Lipinski definition) is 1. The zero-order chi connectivity index (χ0) is 18.7. The molecule has 1 aromatic carbocycles. The number of thioether (sulfide) groups is 1. The highest BCUT2D eigenvalue weighted by Gasteiger charge is 2.17. The lowest BCUT2D eigenvalue weighted by atomic mass is 10.1. The van der Waals surface area contributed by atoms with Crippen LogP contribution in [-0.2, 0) is 24.8 Å². The van der Waals surface area contributed by atoms with Crippen molar-refractivity contribution in [2.75, 3.05) is 5.75 Å². The number of benzene rings is 1. The van der Waals surface area contributed by atoms with E-state index in [1.807, 2.05) is 30.3 Å². The second-order valence-electron chi connectivity index (χ2n) is 5.79. The lowest BCUT2D eigenvalue weighted by Gasteiger charge is -2.09. The van der Waals surface area contributed by atoms with Crippen LogP contribution in [0.1, 0.15) is 12.0 Å². The largest absolute Gasteiger partial charge is 0.549 e. The molecule has 0 aliphatic rings. The van der Waals surface area contributed by atoms with Crippen molar-refractivity contribution in [3.63, 3.8) is 0 Å². The Bertz CT molecular complexity index is 1050. The number of carbonyl (C=O) groups is 1. The van der Waals surface area contributed by atoms with Crippen LogP contribution >= 0.6 is 11.8 Å². The Kier molecular flexibility index (Phi) is 5.27. The average Bonchev–Trinajstić information content (AvgIpc) is 2.98. The molecule has 0 radical (unpaired) electrons. The van der Waals surface area contributed by atoms with Gasteiger partial charge >= 0.3 is 5.69 Å². The van der Waals surface area contributed by atoms with E-state index < -0.39 is 17.2 Å². The summed E-state index contributed by atoms with van der Waals surface area (Å²) in [5.74, 6) is -1.51. The Morgan fingerprint density at radius 2 is 2.00 bits per heavy atom. The van der Waals surface area contributed by atoms with Gasteiger partial charge in [-0.3, -0.25) is 14.3 Å². The molecule has 0 aliphatic heterocycles. The molecule has 8 nitrogen and oxygen atoms in total. The van der Waals surface area contributed by atoms with Crippen molar-refractivity contribution in [1.82, 2.24) is 19.1 Å². The number of carboxylic acids is 1. The number of fused-ring (bicyclic) bond motifs is 1. The number of H-pyrrole nitrogens is 1. The standard InChI is InChI=1S/C17H18N4O4S/c1-20-14-13(15(24)19-16(20)25)21(17(18-14)26-10-12(22)23)9-5-8-11-6-3-2-4-7-11/h2-4,6-7H,5,8-10H2,1H3,(H,22,23)(H,19,24,25)/p-1. The molecule has 136 valence electrons. The second-order valence-corrected chi connectivity index (χ2v) is 6.73. The Labute approximate surface area is 152 Å². The molecule has 0 unspecified atom stereocenters. The second kappa shape index (κ2) is 7.61. The predicted molar refractivity (Wildman–Crippen MR) is 96.1 cm³/mol. The van der Waals surface area contributed by atoms with Crippen LogP contribution in [0.5, 0.6) is 0 Å². The van der Waals surface area contributed by atoms with Gasteiger partial charge in [0, 0.05) is 19.3 Å². The van der Waals surface area contributed by atoms with Gasteiger partial charge in [-0.25, -0.2) is 9.78 Å². The van der Waals surface area contributed by atoms with Gasteiger partial charge in [-0.1, -0.05) is 42.1 Å². The van der Waals surface area contributed by atoms with Gasteiger partial charge in [-0.15, -0.1) is 0 Å². The first-order valence-electron chi connectivity index (χ1n) is 8.03. The number of aryl methyl sites for hydroxylation is 3. The van der Waals surface area contributed by atoms with Crippen LogP contribution < -0.4 is 16.4 Å². The normalized spacial score (nSPS) is 11.1. The quantitative estimate of drug-likeness (QED) is 0.579. The molecule has 26 heavy (non-hydrogen) atoms. The van der Waals surface area contributed by atoms with E-state index in [9.17, 15) is 19.5 Å². The Morgan fingerprint density at radius 3 is 2.69 bits per heavy atom. The third-order valence-corrected chi connectivity index (χ3v) is 4.93. The first-order valence-corrected chi connectivity index (χ1v) is 9.02. The van der Waals surface area contributed by atoms with Crippen LogP contribution in [0, 0.1) is 0 Å². The first kappa shape index (κ1) is 18.0. The number of carbonyl (C=O) groups excluding carboxylic acids is 1. The van der Waals surface area contributed by atoms with Gasteiger partial charge in [0.2, 0.25) is 0 Å². The zero-order valence-corrected chi connectivity index (χ0v) is 14.9. The number of aromatic nitrogens is 4. The van der Waals surface area contributed by atoms with Gasteiger partial charge in [0.15, 0.2) is 16.3 Å². The predicted octanol–water partition coefficient (Wildman–Crippen LogP) is -0.102. The van der Waals surface area contributed by atoms with E-state index in [-0.39, 0.29) is 16.9 Å². The third-order valence-electron chi connectivity index (χ3n) is 3.98. The third kappa shape index (κ3) is 3.72. The van der Waals surface area contributed by atoms with E-state index >= 15 is 0 Å². The van der Waals surface area contributed by atoms with Crippen molar-refractivity contribution >= 4 is 28.9 Å². The number of aromatic amines is 1. The van der Waals surface area contributed by atoms with E-state index in [1.165, 1.54) is 17.2 Å². The van der Waals surface area contributed by atoms with E-state index in [0.29, 0.717) is 11.7 Å². The van der Waals surface area contributed by atoms with Crippen molar-refractivity contribution in [3.8, 4) is 0 Å². The van der Waals surface area contributed by atoms with Crippen molar-refractivity contribution < 1.29 is 9.90 Å². The molecule has 0 fully saturated rings. The lowest BCUT2D eigenvalue weighted by Crippen LogP contribution is -2.29. The summed E-state index contributed by atoms with van der Waals surface area (Å²) in [4.78, 5) is 41.4. The van der Waals surface area contributed by atoms with Crippen molar-refractivity contribution in [2.45, 2.75) is 24.5 Å². The van der Waals surface area contributed by atoms with E-state index in [4.69, 9.17) is 0 Å². The molecular weight excluding hydrogens is 356 g/mol. The molecule has 0 atom stereocenters. The highest BCUT2D eigenvalue weighted by atomic mass is 32.2. The van der Waals surface area contributed by atoms with Crippen LogP contribution in [0.3, 0.4) is 0 Å². The monoisotopic (exact) mass is 373 g/mol. The van der Waals surface area contributed by atoms with E-state index in [1.54, 1.807) is 4.57 Å². The summed E-state index contributed by atoms with van der Waals surface area (Å²) in [6.45, 7) is 0.474. The van der Waals surface area contributed by atoms with Gasteiger partial charge in [-0.05, 0) is 18.4 Å². The minimum Gasteiger partial charge on any atom is -0.549 e. The van der Waals surface area contributed by atoms with Gasteiger partial charge < -0.3 is 14.5 Å². The molecule has 0 amide bonds. The smallest absolute Gasteiger partial charge is 0.329 e. The van der Waals surface area contributed by atoms with Crippen molar-refractivity contribution in [2.24, 2.45) is 7.05 Å².